The van der Waals surface area contributed by atoms with Crippen LogP contribution in [0.2, 0.25) is 0 Å². The van der Waals surface area contributed by atoms with E-state index in [1.807, 2.05) is 43.3 Å². The summed E-state index contributed by atoms with van der Waals surface area (Å²) in [6.45, 7) is 2.61. The van der Waals surface area contributed by atoms with Crippen LogP contribution in [0, 0.1) is 6.92 Å². The second kappa shape index (κ2) is 6.12. The molecule has 0 atom stereocenters. The first-order chi connectivity index (χ1) is 9.08. The molecule has 0 saturated heterocycles. The molecule has 0 aliphatic carbocycles. The van der Waals surface area contributed by atoms with Crippen LogP contribution in [0.3, 0.4) is 0 Å². The number of benzene rings is 1. The van der Waals surface area contributed by atoms with Crippen molar-refractivity contribution in [2.24, 2.45) is 5.73 Å². The Morgan fingerprint density at radius 2 is 2.05 bits per heavy atom. The van der Waals surface area contributed by atoms with E-state index in [4.69, 9.17) is 18.0 Å². The highest BCUT2D eigenvalue weighted by Gasteiger charge is 2.09. The SMILES string of the molecule is Cc1cccc(CNc2cccc(Br)c2C(N)=S)n1. The van der Waals surface area contributed by atoms with Gasteiger partial charge in [-0.1, -0.05) is 24.4 Å². The Morgan fingerprint density at radius 3 is 2.74 bits per heavy atom. The number of halogens is 1. The van der Waals surface area contributed by atoms with Gasteiger partial charge in [0.15, 0.2) is 0 Å². The van der Waals surface area contributed by atoms with E-state index in [2.05, 4.69) is 26.2 Å². The highest BCUT2D eigenvalue weighted by atomic mass is 79.9. The lowest BCUT2D eigenvalue weighted by molar-refractivity contribution is 1.01. The van der Waals surface area contributed by atoms with Gasteiger partial charge in [0.25, 0.3) is 0 Å². The quantitative estimate of drug-likeness (QED) is 0.841. The predicted molar refractivity (Wildman–Crippen MR) is 86.3 cm³/mol. The zero-order valence-electron chi connectivity index (χ0n) is 10.5. The van der Waals surface area contributed by atoms with Gasteiger partial charge in [-0.25, -0.2) is 0 Å². The number of thiocarbonyl (C=S) groups is 1. The van der Waals surface area contributed by atoms with Gasteiger partial charge in [-0.2, -0.15) is 0 Å². The molecule has 1 aromatic carbocycles. The first-order valence-corrected chi connectivity index (χ1v) is 7.03. The molecule has 0 aliphatic heterocycles. The standard InChI is InChI=1S/C14H14BrN3S/c1-9-4-2-5-10(18-9)8-17-12-7-3-6-11(15)13(12)14(16)19/h2-7,17H,8H2,1H3,(H2,16,19). The summed E-state index contributed by atoms with van der Waals surface area (Å²) in [4.78, 5) is 4.81. The van der Waals surface area contributed by atoms with Gasteiger partial charge in [0.05, 0.1) is 12.2 Å². The molecule has 0 fully saturated rings. The number of nitrogens with one attached hydrogen (secondary N) is 1. The van der Waals surface area contributed by atoms with E-state index in [1.54, 1.807) is 0 Å². The summed E-state index contributed by atoms with van der Waals surface area (Å²) in [5.41, 5.74) is 9.47. The van der Waals surface area contributed by atoms with Crippen molar-refractivity contribution in [2.45, 2.75) is 13.5 Å². The first kappa shape index (κ1) is 14.0. The topological polar surface area (TPSA) is 50.9 Å². The van der Waals surface area contributed by atoms with Crippen molar-refractivity contribution in [3.63, 3.8) is 0 Å². The van der Waals surface area contributed by atoms with Crippen LogP contribution >= 0.6 is 28.1 Å². The van der Waals surface area contributed by atoms with Crippen molar-refractivity contribution < 1.29 is 0 Å². The Kier molecular flexibility index (Phi) is 4.50. The van der Waals surface area contributed by atoms with Crippen LogP contribution in [0.15, 0.2) is 40.9 Å². The fraction of sp³-hybridized carbons (Fsp3) is 0.143. The molecule has 0 unspecified atom stereocenters. The fourth-order valence-electron chi connectivity index (χ4n) is 1.81. The minimum Gasteiger partial charge on any atom is -0.389 e. The molecule has 1 heterocycles. The molecule has 0 radical (unpaired) electrons. The second-order valence-electron chi connectivity index (χ2n) is 4.15. The zero-order chi connectivity index (χ0) is 13.8. The Bertz CT molecular complexity index is 613. The maximum Gasteiger partial charge on any atom is 0.107 e. The van der Waals surface area contributed by atoms with E-state index in [1.165, 1.54) is 0 Å². The van der Waals surface area contributed by atoms with Gasteiger partial charge in [0.1, 0.15) is 4.99 Å². The van der Waals surface area contributed by atoms with Crippen molar-refractivity contribution in [2.75, 3.05) is 5.32 Å². The van der Waals surface area contributed by atoms with Crippen LogP contribution in [0.1, 0.15) is 17.0 Å². The van der Waals surface area contributed by atoms with Gasteiger partial charge in [-0.15, -0.1) is 0 Å². The average Bonchev–Trinajstić information content (AvgIpc) is 2.36. The van der Waals surface area contributed by atoms with Crippen LogP contribution in [0.4, 0.5) is 5.69 Å². The summed E-state index contributed by atoms with van der Waals surface area (Å²) < 4.78 is 0.891. The third-order valence-corrected chi connectivity index (χ3v) is 3.53. The molecular formula is C14H14BrN3S. The van der Waals surface area contributed by atoms with E-state index in [9.17, 15) is 0 Å². The smallest absolute Gasteiger partial charge is 0.107 e. The van der Waals surface area contributed by atoms with Crippen molar-refractivity contribution in [3.05, 3.63) is 57.8 Å². The Morgan fingerprint density at radius 1 is 1.32 bits per heavy atom. The van der Waals surface area contributed by atoms with Gasteiger partial charge in [0, 0.05) is 21.4 Å². The number of hydrogen-bond donors (Lipinski definition) is 2. The number of nitrogens with two attached hydrogens (primary N) is 1. The summed E-state index contributed by atoms with van der Waals surface area (Å²) >= 11 is 8.54. The average molecular weight is 336 g/mol. The molecule has 3 N–H and O–H groups in total. The molecule has 5 heteroatoms. The van der Waals surface area contributed by atoms with Crippen LogP contribution < -0.4 is 11.1 Å². The van der Waals surface area contributed by atoms with Crippen molar-refractivity contribution in [3.8, 4) is 0 Å². The number of hydrogen-bond acceptors (Lipinski definition) is 3. The number of nitrogens with zero attached hydrogens (tertiary/aromatic N) is 1. The molecular weight excluding hydrogens is 322 g/mol. The molecule has 0 aliphatic rings. The lowest BCUT2D eigenvalue weighted by atomic mass is 10.1. The van der Waals surface area contributed by atoms with Gasteiger partial charge >= 0.3 is 0 Å². The summed E-state index contributed by atoms with van der Waals surface area (Å²) in [5, 5.41) is 3.32. The van der Waals surface area contributed by atoms with E-state index < -0.39 is 0 Å². The van der Waals surface area contributed by atoms with Gasteiger partial charge in [-0.3, -0.25) is 4.98 Å². The van der Waals surface area contributed by atoms with Crippen LogP contribution in [0.25, 0.3) is 0 Å². The third-order valence-electron chi connectivity index (χ3n) is 2.67. The summed E-state index contributed by atoms with van der Waals surface area (Å²) in [6.07, 6.45) is 0. The zero-order valence-corrected chi connectivity index (χ0v) is 12.9. The molecule has 2 aromatic rings. The Labute approximate surface area is 126 Å². The van der Waals surface area contributed by atoms with Gasteiger partial charge in [0.2, 0.25) is 0 Å². The molecule has 0 amide bonds. The van der Waals surface area contributed by atoms with E-state index in [-0.39, 0.29) is 0 Å². The number of aromatic nitrogens is 1. The molecule has 3 nitrogen and oxygen atoms in total. The Hall–Kier alpha value is -1.46. The summed E-state index contributed by atoms with van der Waals surface area (Å²) in [5.74, 6) is 0. The minimum absolute atomic E-state index is 0.368. The van der Waals surface area contributed by atoms with Crippen LogP contribution in [-0.2, 0) is 6.54 Å². The molecule has 0 bridgehead atoms. The third kappa shape index (κ3) is 3.52. The van der Waals surface area contributed by atoms with E-state index in [0.717, 1.165) is 27.1 Å². The van der Waals surface area contributed by atoms with Crippen LogP contribution in [-0.4, -0.2) is 9.97 Å². The fourth-order valence-corrected chi connectivity index (χ4v) is 2.74. The van der Waals surface area contributed by atoms with E-state index >= 15 is 0 Å². The van der Waals surface area contributed by atoms with Gasteiger partial charge in [-0.05, 0) is 47.1 Å². The lowest BCUT2D eigenvalue weighted by Gasteiger charge is -2.12. The minimum atomic E-state index is 0.368. The molecule has 0 saturated carbocycles. The summed E-state index contributed by atoms with van der Waals surface area (Å²) in [7, 11) is 0. The largest absolute Gasteiger partial charge is 0.389 e. The number of rotatable bonds is 4. The van der Waals surface area contributed by atoms with Crippen molar-refractivity contribution in [1.82, 2.24) is 4.98 Å². The highest BCUT2D eigenvalue weighted by Crippen LogP contribution is 2.25. The second-order valence-corrected chi connectivity index (χ2v) is 5.44. The van der Waals surface area contributed by atoms with E-state index in [0.29, 0.717) is 11.5 Å². The predicted octanol–water partition coefficient (Wildman–Crippen LogP) is 3.40. The highest BCUT2D eigenvalue weighted by molar-refractivity contribution is 9.10. The maximum absolute atomic E-state index is 5.75. The number of pyridine rings is 1. The molecule has 1 aromatic heterocycles. The van der Waals surface area contributed by atoms with Crippen LogP contribution in [0.5, 0.6) is 0 Å². The molecule has 98 valence electrons. The van der Waals surface area contributed by atoms with Crippen molar-refractivity contribution in [1.29, 1.82) is 0 Å². The number of aryl methyl sites for hydroxylation is 1. The molecule has 2 rings (SSSR count). The normalized spacial score (nSPS) is 10.2. The molecule has 0 spiro atoms. The lowest BCUT2D eigenvalue weighted by Crippen LogP contribution is -2.14. The van der Waals surface area contributed by atoms with Gasteiger partial charge < -0.3 is 11.1 Å². The monoisotopic (exact) mass is 335 g/mol. The first-order valence-electron chi connectivity index (χ1n) is 5.82. The maximum atomic E-state index is 5.75. The number of anilines is 1. The Balaban J connectivity index is 2.20. The van der Waals surface area contributed by atoms with Crippen molar-refractivity contribution >= 4 is 38.8 Å². The summed E-state index contributed by atoms with van der Waals surface area (Å²) in [6, 6.07) is 11.8. The molecule has 19 heavy (non-hydrogen) atoms.